The van der Waals surface area contributed by atoms with Gasteiger partial charge < -0.3 is 67.4 Å². The fourth-order valence-electron chi connectivity index (χ4n) is 11.3. The van der Waals surface area contributed by atoms with Gasteiger partial charge >= 0.3 is 13.8 Å². The second kappa shape index (κ2) is 21.2. The van der Waals surface area contributed by atoms with Crippen molar-refractivity contribution >= 4 is 13.8 Å². The van der Waals surface area contributed by atoms with E-state index in [1.807, 2.05) is 26.8 Å². The molecule has 0 amide bonds. The molecule has 0 aromatic heterocycles. The third-order valence-corrected chi connectivity index (χ3v) is 15.7. The number of carbonyl (C=O) groups excluding carboxylic acids is 1. The summed E-state index contributed by atoms with van der Waals surface area (Å²) in [5.74, 6) is -2.95. The first-order valence-corrected chi connectivity index (χ1v) is 25.4. The number of fused-ring (bicyclic) bond motifs is 2. The first kappa shape index (κ1) is 51.9. The molecule has 0 aromatic carbocycles. The summed E-state index contributed by atoms with van der Waals surface area (Å²) >= 11 is 0. The average Bonchev–Trinajstić information content (AvgIpc) is 3.62. The van der Waals surface area contributed by atoms with Crippen LogP contribution in [0, 0.1) is 23.7 Å². The molecule has 0 saturated carbocycles. The number of allylic oxidation sites excluding steroid dienone is 2. The lowest BCUT2D eigenvalue weighted by molar-refractivity contribution is -0.340. The Morgan fingerprint density at radius 3 is 2.32 bits per heavy atom. The molecule has 4 N–H and O–H groups in total. The van der Waals surface area contributed by atoms with Crippen molar-refractivity contribution in [1.29, 1.82) is 0 Å². The van der Waals surface area contributed by atoms with Crippen LogP contribution in [0.4, 0.5) is 0 Å². The molecule has 0 aromatic rings. The van der Waals surface area contributed by atoms with Crippen LogP contribution in [0.25, 0.3) is 0 Å². The van der Waals surface area contributed by atoms with E-state index < -0.39 is 111 Å². The Bertz CT molecular complexity index is 1860. The van der Waals surface area contributed by atoms with Crippen molar-refractivity contribution in [2.45, 2.75) is 204 Å². The van der Waals surface area contributed by atoms with E-state index in [4.69, 9.17) is 51.9 Å². The predicted molar refractivity (Wildman–Crippen MR) is 238 cm³/mol. The number of hydrogen-bond donors (Lipinski definition) is 4. The summed E-state index contributed by atoms with van der Waals surface area (Å²) in [6.07, 6.45) is 3.98. The van der Waals surface area contributed by atoms with Crippen LogP contribution in [-0.2, 0) is 61.3 Å². The van der Waals surface area contributed by atoms with Gasteiger partial charge in [0.05, 0.1) is 49.3 Å². The maximum atomic E-state index is 14.7. The number of aliphatic hydroxyl groups is 2. The van der Waals surface area contributed by atoms with E-state index in [2.05, 4.69) is 26.8 Å². The molecule has 1 aliphatic carbocycles. The van der Waals surface area contributed by atoms with E-state index in [9.17, 15) is 29.4 Å². The van der Waals surface area contributed by atoms with Crippen LogP contribution in [0.1, 0.15) is 107 Å². The number of ether oxygens (including phenoxy) is 10. The van der Waals surface area contributed by atoms with Crippen molar-refractivity contribution in [3.05, 3.63) is 47.1 Å². The lowest BCUT2D eigenvalue weighted by atomic mass is 9.71. The third-order valence-electron chi connectivity index (χ3n) is 15.2. The first-order chi connectivity index (χ1) is 31.2. The number of carbonyl (C=O) groups is 1. The molecule has 2 bridgehead atoms. The second-order valence-electron chi connectivity index (χ2n) is 19.9. The van der Waals surface area contributed by atoms with Gasteiger partial charge in [-0.25, -0.2) is 4.57 Å². The van der Waals surface area contributed by atoms with Crippen molar-refractivity contribution in [2.24, 2.45) is 23.7 Å². The summed E-state index contributed by atoms with van der Waals surface area (Å²) in [6.45, 7) is 15.6. The maximum Gasteiger partial charge on any atom is 0.470 e. The summed E-state index contributed by atoms with van der Waals surface area (Å²) in [6, 6.07) is 0. The van der Waals surface area contributed by atoms with Gasteiger partial charge in [0.25, 0.3) is 0 Å². The number of hydrogen-bond acceptors (Lipinski definition) is 15. The molecule has 17 nitrogen and oxygen atoms in total. The lowest BCUT2D eigenvalue weighted by Crippen LogP contribution is -2.59. The molecule has 374 valence electrons. The van der Waals surface area contributed by atoms with Crippen molar-refractivity contribution in [2.75, 3.05) is 20.8 Å². The molecule has 0 radical (unpaired) electrons. The zero-order valence-electron chi connectivity index (χ0n) is 40.2. The summed E-state index contributed by atoms with van der Waals surface area (Å²) < 4.78 is 82.5. The molecule has 6 heterocycles. The SMILES string of the molecule is CC[C@H](C)[C@H]1O[C@]2(CC[C@@H]1C)C[C@@H]1C[C@@H](C/C=C(\C)[C@@H](O[C@H]3C[C@H](OC)[C@@H](O[C@H]4C[C@H](OC)[C@@H](O)[C@H](C)O4)[C@H](C)O3)[C@@H](C)/C=C/C=C3\CO[C@@H]4[C@H](O)C(C)=C[C@@H](C(=O)O1)[C@]34OP(=O)(O)O)O2. The summed E-state index contributed by atoms with van der Waals surface area (Å²) in [4.78, 5) is 35.6. The molecule has 66 heavy (non-hydrogen) atoms. The van der Waals surface area contributed by atoms with Crippen LogP contribution >= 0.6 is 7.82 Å². The fraction of sp³-hybridized carbons (Fsp3) is 0.812. The molecule has 7 aliphatic rings. The van der Waals surface area contributed by atoms with E-state index in [1.54, 1.807) is 40.2 Å². The van der Waals surface area contributed by atoms with Gasteiger partial charge in [0.1, 0.15) is 42.0 Å². The van der Waals surface area contributed by atoms with Gasteiger partial charge in [0.15, 0.2) is 18.4 Å². The molecule has 5 fully saturated rings. The Kier molecular flexibility index (Phi) is 16.7. The highest BCUT2D eigenvalue weighted by atomic mass is 31.2. The molecular weight excluding hydrogens is 879 g/mol. The molecular formula is C48H75O17P. The van der Waals surface area contributed by atoms with Gasteiger partial charge in [-0.05, 0) is 69.1 Å². The molecule has 7 rings (SSSR count). The number of phosphoric ester groups is 1. The highest BCUT2D eigenvalue weighted by Gasteiger charge is 2.64. The Hall–Kier alpha value is -1.90. The van der Waals surface area contributed by atoms with Crippen LogP contribution < -0.4 is 0 Å². The quantitative estimate of drug-likeness (QED) is 0.117. The highest BCUT2D eigenvalue weighted by Crippen LogP contribution is 2.56. The number of rotatable bonds is 10. The van der Waals surface area contributed by atoms with E-state index >= 15 is 0 Å². The van der Waals surface area contributed by atoms with E-state index in [0.29, 0.717) is 37.7 Å². The minimum atomic E-state index is -5.32. The summed E-state index contributed by atoms with van der Waals surface area (Å²) in [7, 11) is -2.15. The molecule has 0 unspecified atom stereocenters. The first-order valence-electron chi connectivity index (χ1n) is 23.9. The third kappa shape index (κ3) is 11.0. The molecule has 1 spiro atoms. The number of aliphatic hydroxyl groups excluding tert-OH is 2. The van der Waals surface area contributed by atoms with Gasteiger partial charge in [0, 0.05) is 52.2 Å². The standard InChI is InChI=1S/C48H75O17P/c1-11-25(2)43-28(5)17-18-47(64-43)23-34-20-33(63-47)16-15-27(4)42(61-39-22-37(56-10)44(31(8)59-39)62-38-21-36(55-9)41(50)30(7)58-38)26(3)13-12-14-32-24-57-45-40(49)29(6)19-35(46(51)60-34)48(32,45)65-66(52,53)54/h12-15,19,25-26,28,30-31,33-45,49-50H,11,16-18,20-24H2,1-10H3,(H2,52,53,54)/b13-12+,27-15+,32-14+/t25-,26-,28-,30-,31-,33+,34-,35-,36-,37-,38-,39-,40+,41-,42-,43+,44-,45+,47+,48+/m0/s1. The summed E-state index contributed by atoms with van der Waals surface area (Å²) in [5, 5.41) is 22.0. The van der Waals surface area contributed by atoms with Gasteiger partial charge in [0.2, 0.25) is 0 Å². The minimum absolute atomic E-state index is 0.0819. The predicted octanol–water partition coefficient (Wildman–Crippen LogP) is 5.72. The Morgan fingerprint density at radius 1 is 0.924 bits per heavy atom. The Balaban J connectivity index is 1.23. The molecule has 5 saturated heterocycles. The van der Waals surface area contributed by atoms with Gasteiger partial charge in [-0.2, -0.15) is 0 Å². The topological polar surface area (TPSA) is 217 Å². The van der Waals surface area contributed by atoms with Crippen molar-refractivity contribution in [3.63, 3.8) is 0 Å². The molecule has 20 atom stereocenters. The average molecular weight is 955 g/mol. The second-order valence-corrected chi connectivity index (χ2v) is 21.1. The minimum Gasteiger partial charge on any atom is -0.462 e. The van der Waals surface area contributed by atoms with E-state index in [-0.39, 0.29) is 42.5 Å². The van der Waals surface area contributed by atoms with Crippen LogP contribution in [0.5, 0.6) is 0 Å². The smallest absolute Gasteiger partial charge is 0.462 e. The number of methoxy groups -OCH3 is 2. The van der Waals surface area contributed by atoms with E-state index in [1.165, 1.54) is 6.08 Å². The molecule has 18 heteroatoms. The molecule has 6 aliphatic heterocycles. The van der Waals surface area contributed by atoms with Crippen molar-refractivity contribution in [3.8, 4) is 0 Å². The van der Waals surface area contributed by atoms with Crippen LogP contribution in [-0.4, -0.2) is 144 Å². The Morgan fingerprint density at radius 2 is 1.62 bits per heavy atom. The van der Waals surface area contributed by atoms with Crippen LogP contribution in [0.3, 0.4) is 0 Å². The van der Waals surface area contributed by atoms with Crippen molar-refractivity contribution in [1.82, 2.24) is 0 Å². The maximum absolute atomic E-state index is 14.7. The number of phosphoric acid groups is 1. The monoisotopic (exact) mass is 954 g/mol. The van der Waals surface area contributed by atoms with Gasteiger partial charge in [-0.3, -0.25) is 9.32 Å². The largest absolute Gasteiger partial charge is 0.470 e. The Labute approximate surface area is 389 Å². The van der Waals surface area contributed by atoms with Gasteiger partial charge in [-0.15, -0.1) is 0 Å². The van der Waals surface area contributed by atoms with Crippen LogP contribution in [0.15, 0.2) is 47.1 Å². The van der Waals surface area contributed by atoms with Crippen LogP contribution in [0.2, 0.25) is 0 Å². The van der Waals surface area contributed by atoms with Crippen molar-refractivity contribution < 1.29 is 81.3 Å². The highest BCUT2D eigenvalue weighted by molar-refractivity contribution is 7.46. The zero-order valence-corrected chi connectivity index (χ0v) is 41.1. The lowest BCUT2D eigenvalue weighted by Gasteiger charge is -2.51. The van der Waals surface area contributed by atoms with E-state index in [0.717, 1.165) is 18.4 Å². The number of esters is 1. The summed E-state index contributed by atoms with van der Waals surface area (Å²) in [5.41, 5.74) is -0.557. The normalized spacial score (nSPS) is 47.4. The fourth-order valence-corrected chi connectivity index (χ4v) is 12.0. The van der Waals surface area contributed by atoms with Gasteiger partial charge in [-0.1, -0.05) is 64.5 Å². The zero-order chi connectivity index (χ0) is 47.9.